The van der Waals surface area contributed by atoms with E-state index in [9.17, 15) is 14.0 Å². The molecule has 0 atom stereocenters. The molecule has 3 aromatic carbocycles. The molecule has 0 radical (unpaired) electrons. The summed E-state index contributed by atoms with van der Waals surface area (Å²) in [5.41, 5.74) is 2.66. The van der Waals surface area contributed by atoms with Gasteiger partial charge in [-0.05, 0) is 66.4 Å². The first-order chi connectivity index (χ1) is 17.6. The van der Waals surface area contributed by atoms with E-state index < -0.39 is 0 Å². The molecule has 0 unspecified atom stereocenters. The number of nitrogens with one attached hydrogen (secondary N) is 1. The molecule has 0 aromatic heterocycles. The van der Waals surface area contributed by atoms with Crippen molar-refractivity contribution in [1.29, 1.82) is 0 Å². The predicted molar refractivity (Wildman–Crippen MR) is 138 cm³/mol. The number of carbonyl (C=O) groups excluding carboxylic acids is 2. The number of anilines is 1. The van der Waals surface area contributed by atoms with Gasteiger partial charge in [0.2, 0.25) is 0 Å². The quantitative estimate of drug-likeness (QED) is 0.344. The molecule has 0 spiro atoms. The molecule has 1 aliphatic heterocycles. The fourth-order valence-electron chi connectivity index (χ4n) is 4.81. The number of amides is 2. The third kappa shape index (κ3) is 5.48. The Labute approximate surface area is 210 Å². The minimum atomic E-state index is -0.347. The Bertz CT molecular complexity index is 1280. The van der Waals surface area contributed by atoms with Crippen LogP contribution in [-0.2, 0) is 11.3 Å². The maximum absolute atomic E-state index is 13.7. The van der Waals surface area contributed by atoms with Gasteiger partial charge in [0.1, 0.15) is 5.82 Å². The molecular weight excluding hydrogens is 455 g/mol. The second-order valence-electron chi connectivity index (χ2n) is 9.38. The van der Waals surface area contributed by atoms with E-state index >= 15 is 0 Å². The van der Waals surface area contributed by atoms with E-state index in [4.69, 9.17) is 4.74 Å². The van der Waals surface area contributed by atoms with Crippen molar-refractivity contribution < 1.29 is 18.7 Å². The molecule has 5 nitrogen and oxygen atoms in total. The van der Waals surface area contributed by atoms with Gasteiger partial charge in [-0.3, -0.25) is 14.5 Å². The molecule has 1 saturated carbocycles. The van der Waals surface area contributed by atoms with Crippen molar-refractivity contribution in [3.8, 4) is 5.75 Å². The molecule has 5 rings (SSSR count). The van der Waals surface area contributed by atoms with Gasteiger partial charge in [0, 0.05) is 11.6 Å². The Hall–Kier alpha value is -3.93. The Morgan fingerprint density at radius 3 is 2.47 bits per heavy atom. The number of hydrogen-bond acceptors (Lipinski definition) is 3. The maximum atomic E-state index is 13.7. The zero-order valence-electron chi connectivity index (χ0n) is 20.1. The Balaban J connectivity index is 1.34. The molecule has 184 valence electrons. The van der Waals surface area contributed by atoms with Crippen molar-refractivity contribution in [2.45, 2.75) is 51.1 Å². The topological polar surface area (TPSA) is 58.6 Å². The van der Waals surface area contributed by atoms with Crippen LogP contribution < -0.4 is 15.0 Å². The van der Waals surface area contributed by atoms with Gasteiger partial charge in [-0.25, -0.2) is 4.39 Å². The van der Waals surface area contributed by atoms with Crippen LogP contribution in [0.1, 0.15) is 60.0 Å². The molecule has 2 amide bonds. The normalized spacial score (nSPS) is 17.3. The highest BCUT2D eigenvalue weighted by atomic mass is 19.1. The Kier molecular flexibility index (Phi) is 7.12. The van der Waals surface area contributed by atoms with Crippen molar-refractivity contribution in [3.05, 3.63) is 101 Å². The van der Waals surface area contributed by atoms with Crippen LogP contribution in [0.15, 0.2) is 78.6 Å². The number of nitrogens with zero attached hydrogens (tertiary/aromatic N) is 1. The van der Waals surface area contributed by atoms with Gasteiger partial charge < -0.3 is 10.1 Å². The van der Waals surface area contributed by atoms with Crippen LogP contribution >= 0.6 is 0 Å². The number of rotatable bonds is 5. The molecule has 1 aliphatic carbocycles. The molecule has 0 saturated heterocycles. The summed E-state index contributed by atoms with van der Waals surface area (Å²) in [5, 5.41) is 3.16. The SMILES string of the molecule is O=C(NC1CCCCCC1)c1ccc(C=C2Oc3ccccc3N(Cc3cccc(F)c3)C2=O)cc1. The number of halogens is 1. The van der Waals surface area contributed by atoms with Crippen molar-refractivity contribution in [2.75, 3.05) is 4.90 Å². The summed E-state index contributed by atoms with van der Waals surface area (Å²) in [5.74, 6) is -0.00484. The third-order valence-corrected chi connectivity index (χ3v) is 6.72. The van der Waals surface area contributed by atoms with E-state index in [1.54, 1.807) is 41.3 Å². The summed E-state index contributed by atoms with van der Waals surface area (Å²) in [4.78, 5) is 27.7. The minimum absolute atomic E-state index is 0.0682. The molecule has 6 heteroatoms. The Morgan fingerprint density at radius 2 is 1.72 bits per heavy atom. The van der Waals surface area contributed by atoms with Gasteiger partial charge in [0.15, 0.2) is 11.5 Å². The second kappa shape index (κ2) is 10.8. The van der Waals surface area contributed by atoms with Gasteiger partial charge in [-0.1, -0.05) is 62.1 Å². The van der Waals surface area contributed by atoms with Gasteiger partial charge in [-0.2, -0.15) is 0 Å². The lowest BCUT2D eigenvalue weighted by Gasteiger charge is -2.30. The number of hydrogen-bond donors (Lipinski definition) is 1. The van der Waals surface area contributed by atoms with Crippen LogP contribution in [0.25, 0.3) is 6.08 Å². The smallest absolute Gasteiger partial charge is 0.294 e. The zero-order chi connectivity index (χ0) is 24.9. The maximum Gasteiger partial charge on any atom is 0.294 e. The second-order valence-corrected chi connectivity index (χ2v) is 9.38. The number of ether oxygens (including phenoxy) is 1. The van der Waals surface area contributed by atoms with E-state index in [1.165, 1.54) is 25.0 Å². The number of carbonyl (C=O) groups is 2. The summed E-state index contributed by atoms with van der Waals surface area (Å²) in [6.07, 6.45) is 8.52. The fourth-order valence-corrected chi connectivity index (χ4v) is 4.81. The van der Waals surface area contributed by atoms with Crippen molar-refractivity contribution in [3.63, 3.8) is 0 Å². The van der Waals surface area contributed by atoms with Gasteiger partial charge >= 0.3 is 0 Å². The molecule has 1 heterocycles. The average Bonchev–Trinajstić information content (AvgIpc) is 3.15. The predicted octanol–water partition coefficient (Wildman–Crippen LogP) is 6.25. The zero-order valence-corrected chi connectivity index (χ0v) is 20.1. The lowest BCUT2D eigenvalue weighted by Crippen LogP contribution is -2.36. The monoisotopic (exact) mass is 484 g/mol. The third-order valence-electron chi connectivity index (χ3n) is 6.72. The molecule has 1 N–H and O–H groups in total. The number of fused-ring (bicyclic) bond motifs is 1. The van der Waals surface area contributed by atoms with E-state index in [1.807, 2.05) is 30.3 Å². The first-order valence-electron chi connectivity index (χ1n) is 12.5. The van der Waals surface area contributed by atoms with Crippen LogP contribution in [0.3, 0.4) is 0 Å². The van der Waals surface area contributed by atoms with E-state index in [0.717, 1.165) is 31.2 Å². The summed E-state index contributed by atoms with van der Waals surface area (Å²) < 4.78 is 19.7. The molecule has 2 aliphatic rings. The minimum Gasteiger partial charge on any atom is -0.449 e. The highest BCUT2D eigenvalue weighted by Gasteiger charge is 2.30. The largest absolute Gasteiger partial charge is 0.449 e. The molecule has 3 aromatic rings. The van der Waals surface area contributed by atoms with Crippen LogP contribution in [-0.4, -0.2) is 17.9 Å². The first-order valence-corrected chi connectivity index (χ1v) is 12.5. The van der Waals surface area contributed by atoms with Crippen LogP contribution in [0, 0.1) is 5.82 Å². The Morgan fingerprint density at radius 1 is 0.972 bits per heavy atom. The first kappa shape index (κ1) is 23.8. The molecular formula is C30H29FN2O3. The average molecular weight is 485 g/mol. The van der Waals surface area contributed by atoms with E-state index in [0.29, 0.717) is 22.6 Å². The van der Waals surface area contributed by atoms with E-state index in [2.05, 4.69) is 5.32 Å². The van der Waals surface area contributed by atoms with Crippen molar-refractivity contribution >= 4 is 23.6 Å². The van der Waals surface area contributed by atoms with Crippen LogP contribution in [0.4, 0.5) is 10.1 Å². The summed E-state index contributed by atoms with van der Waals surface area (Å²) in [6.45, 7) is 0.217. The molecule has 0 bridgehead atoms. The molecule has 36 heavy (non-hydrogen) atoms. The standard InChI is InChI=1S/C30H29FN2O3/c31-24-9-7-8-22(18-24)20-33-26-12-5-6-13-27(26)36-28(30(33)35)19-21-14-16-23(17-15-21)29(34)32-25-10-3-1-2-4-11-25/h5-9,12-19,25H,1-4,10-11,20H2,(H,32,34). The summed E-state index contributed by atoms with van der Waals surface area (Å²) >= 11 is 0. The van der Waals surface area contributed by atoms with Gasteiger partial charge in [0.05, 0.1) is 12.2 Å². The lowest BCUT2D eigenvalue weighted by atomic mass is 10.1. The summed E-state index contributed by atoms with van der Waals surface area (Å²) in [7, 11) is 0. The van der Waals surface area contributed by atoms with Crippen molar-refractivity contribution in [2.24, 2.45) is 0 Å². The van der Waals surface area contributed by atoms with Crippen molar-refractivity contribution in [1.82, 2.24) is 5.32 Å². The van der Waals surface area contributed by atoms with Crippen LogP contribution in [0.5, 0.6) is 5.75 Å². The van der Waals surface area contributed by atoms with Crippen LogP contribution in [0.2, 0.25) is 0 Å². The van der Waals surface area contributed by atoms with E-state index in [-0.39, 0.29) is 36.0 Å². The number of benzene rings is 3. The molecule has 1 fully saturated rings. The van der Waals surface area contributed by atoms with Gasteiger partial charge in [0.25, 0.3) is 11.8 Å². The lowest BCUT2D eigenvalue weighted by molar-refractivity contribution is -0.117. The summed E-state index contributed by atoms with van der Waals surface area (Å²) in [6, 6.07) is 20.9. The van der Waals surface area contributed by atoms with Gasteiger partial charge in [-0.15, -0.1) is 0 Å². The fraction of sp³-hybridized carbons (Fsp3) is 0.267. The highest BCUT2D eigenvalue weighted by molar-refractivity contribution is 6.09. The highest BCUT2D eigenvalue weighted by Crippen LogP contribution is 2.36. The number of para-hydroxylation sites is 2.